The Labute approximate surface area is 231 Å². The van der Waals surface area contributed by atoms with Gasteiger partial charge in [0.2, 0.25) is 15.9 Å². The monoisotopic (exact) mass is 567 g/mol. The minimum Gasteiger partial charge on any atom is -0.340 e. The molecule has 10 nitrogen and oxygen atoms in total. The Balaban J connectivity index is 1.29. The number of likely N-dealkylation sites (tertiary alicyclic amines) is 1. The van der Waals surface area contributed by atoms with Crippen LogP contribution in [0.4, 0.5) is 0 Å². The second kappa shape index (κ2) is 11.3. The van der Waals surface area contributed by atoms with Crippen molar-refractivity contribution in [3.05, 3.63) is 71.5 Å². The maximum Gasteiger partial charge on any atom is 0.262 e. The molecule has 0 spiro atoms. The van der Waals surface area contributed by atoms with E-state index in [1.807, 2.05) is 31.2 Å². The summed E-state index contributed by atoms with van der Waals surface area (Å²) in [6.07, 6.45) is 4.60. The van der Waals surface area contributed by atoms with Crippen molar-refractivity contribution in [2.24, 2.45) is 0 Å². The largest absolute Gasteiger partial charge is 0.340 e. The summed E-state index contributed by atoms with van der Waals surface area (Å²) in [7, 11) is -3.82. The first-order valence-corrected chi connectivity index (χ1v) is 15.3. The Morgan fingerprint density at radius 3 is 2.56 bits per heavy atom. The molecule has 3 aromatic rings. The van der Waals surface area contributed by atoms with Gasteiger partial charge in [-0.15, -0.1) is 11.3 Å². The van der Waals surface area contributed by atoms with E-state index in [1.165, 1.54) is 26.7 Å². The predicted octanol–water partition coefficient (Wildman–Crippen LogP) is 2.49. The van der Waals surface area contributed by atoms with E-state index in [0.717, 1.165) is 10.6 Å². The standard InChI is InChI=1S/C27H29N5O5S2/c1-2-7-20(30-26(34)24-11-10-23(38-24)19-9-4-6-14-29-19)27(35)31-15-12-21-25(31)22(33)16-32(21)39(36,37)17-18-8-3-5-13-28-18/h3-6,8-11,13-14,20-21,25H,2,7,12,15-17H2,1H3,(H,30,34). The van der Waals surface area contributed by atoms with E-state index in [9.17, 15) is 22.8 Å². The van der Waals surface area contributed by atoms with Crippen molar-refractivity contribution >= 4 is 39.0 Å². The summed E-state index contributed by atoms with van der Waals surface area (Å²) in [6.45, 7) is 1.88. The number of amides is 2. The zero-order valence-electron chi connectivity index (χ0n) is 21.4. The molecule has 5 heterocycles. The number of hydrogen-bond acceptors (Lipinski definition) is 8. The number of nitrogens with one attached hydrogen (secondary N) is 1. The van der Waals surface area contributed by atoms with Crippen molar-refractivity contribution in [3.63, 3.8) is 0 Å². The quantitative estimate of drug-likeness (QED) is 0.421. The van der Waals surface area contributed by atoms with Crippen LogP contribution in [0, 0.1) is 0 Å². The van der Waals surface area contributed by atoms with E-state index in [-0.39, 0.29) is 36.4 Å². The van der Waals surface area contributed by atoms with Gasteiger partial charge in [-0.3, -0.25) is 24.4 Å². The van der Waals surface area contributed by atoms with Gasteiger partial charge in [0.1, 0.15) is 17.8 Å². The molecule has 3 unspecified atom stereocenters. The van der Waals surface area contributed by atoms with Crippen molar-refractivity contribution in [1.82, 2.24) is 24.5 Å². The molecule has 0 saturated carbocycles. The summed E-state index contributed by atoms with van der Waals surface area (Å²) < 4.78 is 27.6. The number of Topliss-reactive ketones (excluding diaryl/α,β-unsaturated/α-hetero) is 1. The van der Waals surface area contributed by atoms with Gasteiger partial charge < -0.3 is 10.2 Å². The summed E-state index contributed by atoms with van der Waals surface area (Å²) >= 11 is 1.29. The SMILES string of the molecule is CCCC(NC(=O)c1ccc(-c2ccccn2)s1)C(=O)N1CCC2C1C(=O)CN2S(=O)(=O)Cc1ccccn1. The van der Waals surface area contributed by atoms with Crippen LogP contribution < -0.4 is 5.32 Å². The van der Waals surface area contributed by atoms with Crippen LogP contribution in [-0.2, 0) is 25.4 Å². The molecule has 2 aliphatic heterocycles. The molecule has 3 atom stereocenters. The van der Waals surface area contributed by atoms with Gasteiger partial charge in [-0.2, -0.15) is 4.31 Å². The highest BCUT2D eigenvalue weighted by Gasteiger charge is 2.54. The third kappa shape index (κ3) is 5.63. The van der Waals surface area contributed by atoms with Crippen molar-refractivity contribution < 1.29 is 22.8 Å². The second-order valence-electron chi connectivity index (χ2n) is 9.61. The predicted molar refractivity (Wildman–Crippen MR) is 146 cm³/mol. The lowest BCUT2D eigenvalue weighted by atomic mass is 10.1. The van der Waals surface area contributed by atoms with Gasteiger partial charge in [0.15, 0.2) is 5.78 Å². The molecule has 2 fully saturated rings. The first-order chi connectivity index (χ1) is 18.8. The third-order valence-corrected chi connectivity index (χ3v) is 9.88. The highest BCUT2D eigenvalue weighted by atomic mass is 32.2. The van der Waals surface area contributed by atoms with E-state index in [4.69, 9.17) is 0 Å². The molecule has 0 aromatic carbocycles. The molecule has 204 valence electrons. The Hall–Kier alpha value is -3.48. The van der Waals surface area contributed by atoms with Crippen LogP contribution in [0.3, 0.4) is 0 Å². The van der Waals surface area contributed by atoms with Gasteiger partial charge in [-0.1, -0.05) is 25.5 Å². The summed E-state index contributed by atoms with van der Waals surface area (Å²) in [4.78, 5) is 50.9. The fourth-order valence-corrected chi connectivity index (χ4v) is 7.77. The lowest BCUT2D eigenvalue weighted by Crippen LogP contribution is -2.52. The molecule has 39 heavy (non-hydrogen) atoms. The van der Waals surface area contributed by atoms with Crippen LogP contribution >= 0.6 is 11.3 Å². The highest BCUT2D eigenvalue weighted by molar-refractivity contribution is 7.88. The first-order valence-electron chi connectivity index (χ1n) is 12.8. The summed E-state index contributed by atoms with van der Waals surface area (Å²) in [5.74, 6) is -1.36. The molecule has 5 rings (SSSR count). The van der Waals surface area contributed by atoms with Crippen molar-refractivity contribution in [3.8, 4) is 10.6 Å². The molecule has 1 N–H and O–H groups in total. The Kier molecular flexibility index (Phi) is 7.87. The van der Waals surface area contributed by atoms with Crippen LogP contribution in [0.25, 0.3) is 10.6 Å². The van der Waals surface area contributed by atoms with Crippen LogP contribution in [-0.4, -0.2) is 76.4 Å². The molecule has 2 saturated heterocycles. The van der Waals surface area contributed by atoms with Crippen molar-refractivity contribution in [1.29, 1.82) is 0 Å². The minimum absolute atomic E-state index is 0.244. The fraction of sp³-hybridized carbons (Fsp3) is 0.370. The number of pyridine rings is 2. The van der Waals surface area contributed by atoms with Crippen LogP contribution in [0.1, 0.15) is 41.6 Å². The minimum atomic E-state index is -3.82. The van der Waals surface area contributed by atoms with Crippen LogP contribution in [0.5, 0.6) is 0 Å². The average molecular weight is 568 g/mol. The van der Waals surface area contributed by atoms with E-state index < -0.39 is 28.1 Å². The first kappa shape index (κ1) is 27.1. The second-order valence-corrected chi connectivity index (χ2v) is 12.6. The number of carbonyl (C=O) groups is 3. The highest BCUT2D eigenvalue weighted by Crippen LogP contribution is 2.33. The normalized spacial score (nSPS) is 20.1. The summed E-state index contributed by atoms with van der Waals surface area (Å²) in [5, 5.41) is 2.85. The maximum absolute atomic E-state index is 13.6. The smallest absolute Gasteiger partial charge is 0.262 e. The zero-order chi connectivity index (χ0) is 27.6. The van der Waals surface area contributed by atoms with E-state index in [2.05, 4.69) is 15.3 Å². The molecule has 2 aliphatic rings. The number of aromatic nitrogens is 2. The third-order valence-electron chi connectivity index (χ3n) is 7.00. The molecule has 0 radical (unpaired) electrons. The molecule has 0 aliphatic carbocycles. The number of carbonyl (C=O) groups excluding carboxylic acids is 3. The summed E-state index contributed by atoms with van der Waals surface area (Å²) in [6, 6.07) is 11.8. The van der Waals surface area contributed by atoms with E-state index in [1.54, 1.807) is 30.5 Å². The zero-order valence-corrected chi connectivity index (χ0v) is 23.0. The van der Waals surface area contributed by atoms with Gasteiger partial charge in [-0.25, -0.2) is 8.42 Å². The van der Waals surface area contributed by atoms with Gasteiger partial charge in [0, 0.05) is 18.9 Å². The Morgan fingerprint density at radius 1 is 1.10 bits per heavy atom. The lowest BCUT2D eigenvalue weighted by molar-refractivity contribution is -0.138. The maximum atomic E-state index is 13.6. The Bertz CT molecular complexity index is 1460. The van der Waals surface area contributed by atoms with Crippen LogP contribution in [0.15, 0.2) is 60.9 Å². The fourth-order valence-electron chi connectivity index (χ4n) is 5.22. The van der Waals surface area contributed by atoms with Gasteiger partial charge >= 0.3 is 0 Å². The van der Waals surface area contributed by atoms with Gasteiger partial charge in [-0.05, 0) is 49.2 Å². The van der Waals surface area contributed by atoms with E-state index >= 15 is 0 Å². The van der Waals surface area contributed by atoms with Gasteiger partial charge in [0.05, 0.1) is 33.7 Å². The van der Waals surface area contributed by atoms with Crippen molar-refractivity contribution in [2.75, 3.05) is 13.1 Å². The number of sulfonamides is 1. The van der Waals surface area contributed by atoms with Crippen molar-refractivity contribution in [2.45, 2.75) is 50.1 Å². The topological polar surface area (TPSA) is 130 Å². The molecule has 3 aromatic heterocycles. The molecular formula is C27H29N5O5S2. The number of fused-ring (bicyclic) bond motifs is 1. The number of rotatable bonds is 9. The number of nitrogens with zero attached hydrogens (tertiary/aromatic N) is 4. The molecule has 2 amide bonds. The molecule has 0 bridgehead atoms. The number of ketones is 1. The average Bonchev–Trinajstić information content (AvgIpc) is 3.66. The number of thiophene rings is 1. The Morgan fingerprint density at radius 2 is 1.87 bits per heavy atom. The molecule has 12 heteroatoms. The van der Waals surface area contributed by atoms with Gasteiger partial charge in [0.25, 0.3) is 5.91 Å². The van der Waals surface area contributed by atoms with Crippen LogP contribution in [0.2, 0.25) is 0 Å². The lowest BCUT2D eigenvalue weighted by Gasteiger charge is -2.28. The van der Waals surface area contributed by atoms with E-state index in [0.29, 0.717) is 29.8 Å². The number of hydrogen-bond donors (Lipinski definition) is 1. The summed E-state index contributed by atoms with van der Waals surface area (Å²) in [5.41, 5.74) is 1.15. The molecular weight excluding hydrogens is 538 g/mol.